The fourth-order valence-corrected chi connectivity index (χ4v) is 3.07. The van der Waals surface area contributed by atoms with E-state index in [-0.39, 0.29) is 0 Å². The second-order valence-electron chi connectivity index (χ2n) is 6.10. The smallest absolute Gasteiger partial charge is 0.119 e. The predicted molar refractivity (Wildman–Crippen MR) is 97.7 cm³/mol. The van der Waals surface area contributed by atoms with Crippen molar-refractivity contribution in [2.45, 2.75) is 40.0 Å². The molecule has 2 rings (SSSR count). The summed E-state index contributed by atoms with van der Waals surface area (Å²) >= 11 is 1.77. The lowest BCUT2D eigenvalue weighted by Gasteiger charge is -2.11. The van der Waals surface area contributed by atoms with Crippen LogP contribution in [0.4, 0.5) is 0 Å². The average molecular weight is 314 g/mol. The van der Waals surface area contributed by atoms with E-state index in [0.717, 1.165) is 18.8 Å². The van der Waals surface area contributed by atoms with Crippen LogP contribution in [0.3, 0.4) is 0 Å². The number of thiophene rings is 1. The Kier molecular flexibility index (Phi) is 6.73. The number of hydrogen-bond acceptors (Lipinski definition) is 2. The van der Waals surface area contributed by atoms with E-state index >= 15 is 0 Å². The van der Waals surface area contributed by atoms with E-state index in [9.17, 15) is 0 Å². The van der Waals surface area contributed by atoms with E-state index < -0.39 is 0 Å². The second-order valence-corrected chi connectivity index (χ2v) is 7.05. The summed E-state index contributed by atoms with van der Waals surface area (Å²) in [6.07, 6.45) is 5.86. The van der Waals surface area contributed by atoms with Crippen LogP contribution in [0.15, 0.2) is 53.4 Å². The molecule has 0 N–H and O–H groups in total. The summed E-state index contributed by atoms with van der Waals surface area (Å²) in [5, 5.41) is 2.11. The lowest BCUT2D eigenvalue weighted by molar-refractivity contribution is 0.279. The first kappa shape index (κ1) is 16.8. The van der Waals surface area contributed by atoms with Gasteiger partial charge in [-0.2, -0.15) is 0 Å². The molecule has 0 amide bonds. The molecule has 2 aromatic rings. The molecule has 0 aliphatic heterocycles. The Balaban J connectivity index is 1.72. The SMILES string of the molecule is CC(C)=CCCC(C)CCOc1ccc(-c2cccs2)cc1. The quantitative estimate of drug-likeness (QED) is 0.501. The normalized spacial score (nSPS) is 12.0. The van der Waals surface area contributed by atoms with Gasteiger partial charge in [-0.25, -0.2) is 0 Å². The predicted octanol–water partition coefficient (Wildman–Crippen LogP) is 6.57. The zero-order valence-electron chi connectivity index (χ0n) is 13.8. The Hall–Kier alpha value is -1.54. The average Bonchev–Trinajstić information content (AvgIpc) is 3.02. The Bertz CT molecular complexity index is 562. The van der Waals surface area contributed by atoms with Crippen LogP contribution in [0.1, 0.15) is 40.0 Å². The molecule has 2 heteroatoms. The summed E-state index contributed by atoms with van der Waals surface area (Å²) in [6, 6.07) is 12.7. The van der Waals surface area contributed by atoms with Crippen molar-refractivity contribution in [1.82, 2.24) is 0 Å². The maximum absolute atomic E-state index is 5.86. The fraction of sp³-hybridized carbons (Fsp3) is 0.400. The first-order valence-corrected chi connectivity index (χ1v) is 8.93. The molecule has 0 aliphatic rings. The van der Waals surface area contributed by atoms with Gasteiger partial charge in [0, 0.05) is 4.88 Å². The number of ether oxygens (including phenoxy) is 1. The maximum Gasteiger partial charge on any atom is 0.119 e. The number of benzene rings is 1. The van der Waals surface area contributed by atoms with Gasteiger partial charge >= 0.3 is 0 Å². The minimum absolute atomic E-state index is 0.709. The first-order chi connectivity index (χ1) is 10.6. The van der Waals surface area contributed by atoms with Crippen molar-refractivity contribution in [1.29, 1.82) is 0 Å². The summed E-state index contributed by atoms with van der Waals surface area (Å²) in [5.41, 5.74) is 2.67. The van der Waals surface area contributed by atoms with Crippen LogP contribution in [-0.4, -0.2) is 6.61 Å². The van der Waals surface area contributed by atoms with Crippen LogP contribution in [0, 0.1) is 5.92 Å². The van der Waals surface area contributed by atoms with Gasteiger partial charge < -0.3 is 4.74 Å². The summed E-state index contributed by atoms with van der Waals surface area (Å²) in [4.78, 5) is 1.31. The Morgan fingerprint density at radius 3 is 2.55 bits per heavy atom. The summed E-state index contributed by atoms with van der Waals surface area (Å²) < 4.78 is 5.86. The molecule has 0 bridgehead atoms. The molecule has 1 aromatic heterocycles. The van der Waals surface area contributed by atoms with Crippen LogP contribution < -0.4 is 4.74 Å². The molecule has 1 unspecified atom stereocenters. The fourth-order valence-electron chi connectivity index (χ4n) is 2.34. The van der Waals surface area contributed by atoms with E-state index in [2.05, 4.69) is 68.6 Å². The molecule has 118 valence electrons. The van der Waals surface area contributed by atoms with Gasteiger partial charge in [0.2, 0.25) is 0 Å². The third-order valence-electron chi connectivity index (χ3n) is 3.75. The summed E-state index contributed by atoms with van der Waals surface area (Å²) in [6.45, 7) is 7.43. The van der Waals surface area contributed by atoms with Crippen LogP contribution in [0.25, 0.3) is 10.4 Å². The van der Waals surface area contributed by atoms with Crippen molar-refractivity contribution in [3.63, 3.8) is 0 Å². The topological polar surface area (TPSA) is 9.23 Å². The molecule has 22 heavy (non-hydrogen) atoms. The molecule has 0 saturated heterocycles. The molecule has 1 aromatic carbocycles. The van der Waals surface area contributed by atoms with Gasteiger partial charge in [0.15, 0.2) is 0 Å². The van der Waals surface area contributed by atoms with Gasteiger partial charge in [0.05, 0.1) is 6.61 Å². The van der Waals surface area contributed by atoms with Crippen molar-refractivity contribution in [3.05, 3.63) is 53.4 Å². The Labute approximate surface area is 138 Å². The third kappa shape index (κ3) is 5.69. The summed E-state index contributed by atoms with van der Waals surface area (Å²) in [5.74, 6) is 1.68. The molecule has 0 spiro atoms. The number of hydrogen-bond donors (Lipinski definition) is 0. The van der Waals surface area contributed by atoms with Gasteiger partial charge in [0.1, 0.15) is 5.75 Å². The molecule has 1 nitrogen and oxygen atoms in total. The van der Waals surface area contributed by atoms with E-state index in [4.69, 9.17) is 4.74 Å². The largest absolute Gasteiger partial charge is 0.494 e. The number of rotatable bonds is 8. The molecular formula is C20H26OS. The van der Waals surface area contributed by atoms with Gasteiger partial charge in [-0.05, 0) is 80.3 Å². The van der Waals surface area contributed by atoms with Gasteiger partial charge in [-0.1, -0.05) is 24.6 Å². The molecule has 0 aliphatic carbocycles. The molecule has 1 heterocycles. The zero-order chi connectivity index (χ0) is 15.8. The van der Waals surface area contributed by atoms with Crippen molar-refractivity contribution in [2.24, 2.45) is 5.92 Å². The molecule has 0 radical (unpaired) electrons. The van der Waals surface area contributed by atoms with E-state index in [1.54, 1.807) is 11.3 Å². The van der Waals surface area contributed by atoms with Crippen LogP contribution >= 0.6 is 11.3 Å². The zero-order valence-corrected chi connectivity index (χ0v) is 14.7. The van der Waals surface area contributed by atoms with Crippen molar-refractivity contribution < 1.29 is 4.74 Å². The lowest BCUT2D eigenvalue weighted by Crippen LogP contribution is -2.04. The van der Waals surface area contributed by atoms with Crippen molar-refractivity contribution in [2.75, 3.05) is 6.61 Å². The minimum Gasteiger partial charge on any atom is -0.494 e. The highest BCUT2D eigenvalue weighted by molar-refractivity contribution is 7.13. The van der Waals surface area contributed by atoms with Crippen LogP contribution in [0.2, 0.25) is 0 Å². The van der Waals surface area contributed by atoms with Gasteiger partial charge in [0.25, 0.3) is 0 Å². The number of allylic oxidation sites excluding steroid dienone is 2. The highest BCUT2D eigenvalue weighted by Gasteiger charge is 2.03. The Morgan fingerprint density at radius 2 is 1.91 bits per heavy atom. The highest BCUT2D eigenvalue weighted by Crippen LogP contribution is 2.26. The standard InChI is InChI=1S/C20H26OS/c1-16(2)6-4-7-17(3)13-14-21-19-11-9-18(10-12-19)20-8-5-15-22-20/h5-6,8-12,15,17H,4,7,13-14H2,1-3H3. The van der Waals surface area contributed by atoms with Crippen LogP contribution in [-0.2, 0) is 0 Å². The molecule has 1 atom stereocenters. The summed E-state index contributed by atoms with van der Waals surface area (Å²) in [7, 11) is 0. The molecular weight excluding hydrogens is 288 g/mol. The van der Waals surface area contributed by atoms with Crippen molar-refractivity contribution in [3.8, 4) is 16.2 Å². The highest BCUT2D eigenvalue weighted by atomic mass is 32.1. The monoisotopic (exact) mass is 314 g/mol. The van der Waals surface area contributed by atoms with E-state index in [0.29, 0.717) is 5.92 Å². The maximum atomic E-state index is 5.86. The Morgan fingerprint density at radius 1 is 1.14 bits per heavy atom. The minimum atomic E-state index is 0.709. The van der Waals surface area contributed by atoms with E-state index in [1.807, 2.05) is 0 Å². The van der Waals surface area contributed by atoms with Gasteiger partial charge in [-0.3, -0.25) is 0 Å². The molecule has 0 saturated carbocycles. The van der Waals surface area contributed by atoms with Gasteiger partial charge in [-0.15, -0.1) is 11.3 Å². The van der Waals surface area contributed by atoms with E-state index in [1.165, 1.54) is 28.9 Å². The second kappa shape index (κ2) is 8.79. The van der Waals surface area contributed by atoms with Crippen LogP contribution in [0.5, 0.6) is 5.75 Å². The third-order valence-corrected chi connectivity index (χ3v) is 4.67. The lowest BCUT2D eigenvalue weighted by atomic mass is 10.0. The molecule has 0 fully saturated rings. The first-order valence-electron chi connectivity index (χ1n) is 8.05. The van der Waals surface area contributed by atoms with Crippen molar-refractivity contribution >= 4 is 11.3 Å².